The molecule has 0 aromatic heterocycles. The number of benzene rings is 2. The van der Waals surface area contributed by atoms with E-state index in [2.05, 4.69) is 13.8 Å². The van der Waals surface area contributed by atoms with E-state index in [1.807, 2.05) is 54.5 Å². The lowest BCUT2D eigenvalue weighted by Gasteiger charge is -2.33. The van der Waals surface area contributed by atoms with Gasteiger partial charge in [0.15, 0.2) is 6.10 Å². The van der Waals surface area contributed by atoms with Gasteiger partial charge in [-0.25, -0.2) is 9.96 Å². The van der Waals surface area contributed by atoms with Gasteiger partial charge in [-0.05, 0) is 55.2 Å². The molecule has 33 heavy (non-hydrogen) atoms. The number of rotatable bonds is 10. The predicted octanol–water partition coefficient (Wildman–Crippen LogP) is 5.37. The summed E-state index contributed by atoms with van der Waals surface area (Å²) in [6, 6.07) is 16.8. The number of unbranched alkanes of at least 4 members (excludes halogenated alkanes) is 1. The van der Waals surface area contributed by atoms with E-state index in [1.54, 1.807) is 12.1 Å². The zero-order chi connectivity index (χ0) is 23.4. The first kappa shape index (κ1) is 23.3. The zero-order valence-corrected chi connectivity index (χ0v) is 19.8. The number of amides is 2. The number of anilines is 2. The lowest BCUT2D eigenvalue weighted by molar-refractivity contribution is -0.126. The van der Waals surface area contributed by atoms with Gasteiger partial charge in [0.2, 0.25) is 5.91 Å². The summed E-state index contributed by atoms with van der Waals surface area (Å²) in [4.78, 5) is 34.7. The number of fused-ring (bicyclic) bond motifs is 1. The molecule has 2 aliphatic rings. The second-order valence-corrected chi connectivity index (χ2v) is 8.87. The first-order chi connectivity index (χ1) is 16.1. The van der Waals surface area contributed by atoms with E-state index in [1.165, 1.54) is 4.90 Å². The maximum atomic E-state index is 13.7. The Hall–Kier alpha value is -2.86. The van der Waals surface area contributed by atoms with Crippen molar-refractivity contribution in [2.24, 2.45) is 11.8 Å². The average Bonchev–Trinajstić information content (AvgIpc) is 3.35. The van der Waals surface area contributed by atoms with Crippen molar-refractivity contribution in [3.05, 3.63) is 54.6 Å². The molecule has 0 aliphatic carbocycles. The number of hydroxylamine groups is 1. The molecule has 2 aromatic rings. The third-order valence-corrected chi connectivity index (χ3v) is 6.68. The summed E-state index contributed by atoms with van der Waals surface area (Å²) >= 11 is 0. The Balaban J connectivity index is 1.64. The van der Waals surface area contributed by atoms with Crippen LogP contribution in [0.4, 0.5) is 11.4 Å². The van der Waals surface area contributed by atoms with E-state index in [-0.39, 0.29) is 23.8 Å². The largest absolute Gasteiger partial charge is 0.494 e. The van der Waals surface area contributed by atoms with Crippen molar-refractivity contribution in [2.45, 2.75) is 65.0 Å². The maximum absolute atomic E-state index is 13.7. The summed E-state index contributed by atoms with van der Waals surface area (Å²) in [5.74, 6) is -0.00121. The molecule has 4 atom stereocenters. The summed E-state index contributed by atoms with van der Waals surface area (Å²) < 4.78 is 5.64. The smallest absolute Gasteiger partial charge is 0.266 e. The highest BCUT2D eigenvalue weighted by Gasteiger charge is 2.61. The lowest BCUT2D eigenvalue weighted by atomic mass is 9.82. The SMILES string of the molecule is CCCCC(CC)C1C2C(=O)N(c3ccc(OCCC)cc3)C(=O)C2ON1c1ccccc1. The molecule has 0 spiro atoms. The minimum absolute atomic E-state index is 0.175. The van der Waals surface area contributed by atoms with Crippen LogP contribution in [-0.4, -0.2) is 30.6 Å². The van der Waals surface area contributed by atoms with Gasteiger partial charge in [-0.3, -0.25) is 14.4 Å². The number of nitrogens with zero attached hydrogens (tertiary/aromatic N) is 2. The molecule has 176 valence electrons. The minimum atomic E-state index is -0.797. The third kappa shape index (κ3) is 4.49. The van der Waals surface area contributed by atoms with Crippen LogP contribution in [0.3, 0.4) is 0 Å². The van der Waals surface area contributed by atoms with E-state index in [0.29, 0.717) is 12.3 Å². The van der Waals surface area contributed by atoms with Gasteiger partial charge in [0.25, 0.3) is 5.91 Å². The van der Waals surface area contributed by atoms with Crippen molar-refractivity contribution < 1.29 is 19.2 Å². The van der Waals surface area contributed by atoms with E-state index >= 15 is 0 Å². The van der Waals surface area contributed by atoms with Crippen LogP contribution in [0.5, 0.6) is 5.75 Å². The van der Waals surface area contributed by atoms with Gasteiger partial charge in [0, 0.05) is 0 Å². The van der Waals surface area contributed by atoms with Crippen LogP contribution in [0.2, 0.25) is 0 Å². The molecule has 2 heterocycles. The highest BCUT2D eigenvalue weighted by Crippen LogP contribution is 2.44. The van der Waals surface area contributed by atoms with E-state index in [9.17, 15) is 9.59 Å². The molecule has 2 saturated heterocycles. The summed E-state index contributed by atoms with van der Waals surface area (Å²) in [7, 11) is 0. The molecular formula is C27H34N2O4. The number of para-hydroxylation sites is 1. The monoisotopic (exact) mass is 450 g/mol. The standard InChI is InChI=1S/C27H34N2O4/c1-4-7-11-19(6-3)24-23-25(33-29(24)21-12-9-8-10-13-21)27(31)28(26(23)30)20-14-16-22(17-15-20)32-18-5-2/h8-10,12-17,19,23-25H,4-7,11,18H2,1-3H3. The fraction of sp³-hybridized carbons (Fsp3) is 0.481. The van der Waals surface area contributed by atoms with Crippen LogP contribution in [-0.2, 0) is 14.4 Å². The number of hydrogen-bond acceptors (Lipinski definition) is 5. The first-order valence-electron chi connectivity index (χ1n) is 12.2. The normalized spacial score (nSPS) is 23.2. The summed E-state index contributed by atoms with van der Waals surface area (Å²) in [5.41, 5.74) is 1.45. The maximum Gasteiger partial charge on any atom is 0.266 e. The summed E-state index contributed by atoms with van der Waals surface area (Å²) in [6.45, 7) is 7.01. The molecule has 0 radical (unpaired) electrons. The molecule has 0 bridgehead atoms. The average molecular weight is 451 g/mol. The quantitative estimate of drug-likeness (QED) is 0.456. The van der Waals surface area contributed by atoms with Crippen LogP contribution in [0.15, 0.2) is 54.6 Å². The van der Waals surface area contributed by atoms with Gasteiger partial charge in [0.1, 0.15) is 5.75 Å². The molecule has 4 rings (SSSR count). The second-order valence-electron chi connectivity index (χ2n) is 8.87. The Bertz CT molecular complexity index is 946. The molecular weight excluding hydrogens is 416 g/mol. The Labute approximate surface area is 196 Å². The van der Waals surface area contributed by atoms with Crippen molar-refractivity contribution in [1.29, 1.82) is 0 Å². The number of carbonyl (C=O) groups excluding carboxylic acids is 2. The van der Waals surface area contributed by atoms with Gasteiger partial charge in [-0.1, -0.05) is 58.2 Å². The topological polar surface area (TPSA) is 59.1 Å². The van der Waals surface area contributed by atoms with Crippen molar-refractivity contribution in [3.63, 3.8) is 0 Å². The first-order valence-corrected chi connectivity index (χ1v) is 12.2. The van der Waals surface area contributed by atoms with Gasteiger partial charge in [-0.15, -0.1) is 0 Å². The lowest BCUT2D eigenvalue weighted by Crippen LogP contribution is -2.44. The van der Waals surface area contributed by atoms with E-state index in [0.717, 1.165) is 43.5 Å². The molecule has 2 amide bonds. The highest BCUT2D eigenvalue weighted by molar-refractivity contribution is 6.23. The fourth-order valence-corrected chi connectivity index (χ4v) is 4.98. The number of imide groups is 1. The third-order valence-electron chi connectivity index (χ3n) is 6.68. The Morgan fingerprint density at radius 1 is 0.909 bits per heavy atom. The molecule has 2 aromatic carbocycles. The van der Waals surface area contributed by atoms with E-state index < -0.39 is 12.0 Å². The fourth-order valence-electron chi connectivity index (χ4n) is 4.98. The Kier molecular flexibility index (Phi) is 7.33. The molecule has 0 saturated carbocycles. The van der Waals surface area contributed by atoms with Crippen molar-refractivity contribution in [3.8, 4) is 5.75 Å². The van der Waals surface area contributed by atoms with Gasteiger partial charge >= 0.3 is 0 Å². The molecule has 0 N–H and O–H groups in total. The predicted molar refractivity (Wildman–Crippen MR) is 129 cm³/mol. The molecule has 2 aliphatic heterocycles. The van der Waals surface area contributed by atoms with Crippen LogP contribution in [0.1, 0.15) is 52.9 Å². The van der Waals surface area contributed by atoms with Crippen LogP contribution in [0.25, 0.3) is 0 Å². The highest BCUT2D eigenvalue weighted by atomic mass is 16.7. The van der Waals surface area contributed by atoms with Gasteiger partial charge in [0.05, 0.1) is 29.9 Å². The number of hydrogen-bond donors (Lipinski definition) is 0. The van der Waals surface area contributed by atoms with Crippen LogP contribution < -0.4 is 14.7 Å². The summed E-state index contributed by atoms with van der Waals surface area (Å²) in [5, 5.41) is 1.84. The second kappa shape index (κ2) is 10.4. The van der Waals surface area contributed by atoms with Crippen molar-refractivity contribution in [2.75, 3.05) is 16.6 Å². The number of ether oxygens (including phenoxy) is 1. The molecule has 4 unspecified atom stereocenters. The van der Waals surface area contributed by atoms with Gasteiger partial charge < -0.3 is 4.74 Å². The van der Waals surface area contributed by atoms with Crippen molar-refractivity contribution in [1.82, 2.24) is 0 Å². The zero-order valence-electron chi connectivity index (χ0n) is 19.8. The summed E-state index contributed by atoms with van der Waals surface area (Å²) in [6.07, 6.45) is 4.22. The van der Waals surface area contributed by atoms with Crippen molar-refractivity contribution >= 4 is 23.2 Å². The van der Waals surface area contributed by atoms with E-state index in [4.69, 9.17) is 9.57 Å². The molecule has 6 heteroatoms. The number of carbonyl (C=O) groups is 2. The Morgan fingerprint density at radius 3 is 2.27 bits per heavy atom. The molecule has 2 fully saturated rings. The van der Waals surface area contributed by atoms with Crippen LogP contribution in [0, 0.1) is 11.8 Å². The minimum Gasteiger partial charge on any atom is -0.494 e. The molecule has 6 nitrogen and oxygen atoms in total. The van der Waals surface area contributed by atoms with Gasteiger partial charge in [-0.2, -0.15) is 0 Å². The Morgan fingerprint density at radius 2 is 1.64 bits per heavy atom. The van der Waals surface area contributed by atoms with Crippen LogP contribution >= 0.6 is 0 Å².